The van der Waals surface area contributed by atoms with Crippen molar-refractivity contribution >= 4 is 5.91 Å². The lowest BCUT2D eigenvalue weighted by Crippen LogP contribution is -2.47. The van der Waals surface area contributed by atoms with Crippen LogP contribution >= 0.6 is 0 Å². The largest absolute Gasteiger partial charge is 0.340 e. The Morgan fingerprint density at radius 3 is 2.40 bits per heavy atom. The summed E-state index contributed by atoms with van der Waals surface area (Å²) in [6.07, 6.45) is 3.27. The highest BCUT2D eigenvalue weighted by molar-refractivity contribution is 5.77. The summed E-state index contributed by atoms with van der Waals surface area (Å²) in [5.74, 6) is 1.51. The van der Waals surface area contributed by atoms with Gasteiger partial charge in [0.2, 0.25) is 5.91 Å². The van der Waals surface area contributed by atoms with Crippen molar-refractivity contribution in [2.75, 3.05) is 33.2 Å². The van der Waals surface area contributed by atoms with Crippen LogP contribution < -0.4 is 0 Å². The number of benzene rings is 1. The van der Waals surface area contributed by atoms with Crippen LogP contribution in [0, 0.1) is 5.92 Å². The second-order valence-electron chi connectivity index (χ2n) is 6.24. The molecule has 108 valence electrons. The lowest BCUT2D eigenvalue weighted by Gasteiger charge is -2.33. The molecule has 0 aromatic heterocycles. The Morgan fingerprint density at radius 2 is 1.80 bits per heavy atom. The van der Waals surface area contributed by atoms with E-state index in [1.165, 1.54) is 18.4 Å². The molecule has 1 aromatic rings. The second kappa shape index (κ2) is 5.96. The molecule has 1 saturated heterocycles. The van der Waals surface area contributed by atoms with Crippen molar-refractivity contribution in [3.8, 4) is 0 Å². The molecule has 1 aliphatic heterocycles. The third-order valence-electron chi connectivity index (χ3n) is 4.67. The van der Waals surface area contributed by atoms with Gasteiger partial charge in [0.05, 0.1) is 0 Å². The van der Waals surface area contributed by atoms with E-state index < -0.39 is 0 Å². The number of amides is 1. The third-order valence-corrected chi connectivity index (χ3v) is 4.67. The summed E-state index contributed by atoms with van der Waals surface area (Å²) >= 11 is 0. The number of piperazine rings is 1. The van der Waals surface area contributed by atoms with Gasteiger partial charge < -0.3 is 9.80 Å². The lowest BCUT2D eigenvalue weighted by molar-refractivity contribution is -0.133. The third kappa shape index (κ3) is 3.21. The van der Waals surface area contributed by atoms with Crippen LogP contribution in [0.3, 0.4) is 0 Å². The molecule has 0 bridgehead atoms. The Morgan fingerprint density at radius 1 is 1.15 bits per heavy atom. The zero-order valence-corrected chi connectivity index (χ0v) is 12.3. The summed E-state index contributed by atoms with van der Waals surface area (Å²) in [6.45, 7) is 3.79. The summed E-state index contributed by atoms with van der Waals surface area (Å²) in [6, 6.07) is 10.6. The molecule has 0 radical (unpaired) electrons. The van der Waals surface area contributed by atoms with E-state index in [0.717, 1.165) is 32.1 Å². The lowest BCUT2D eigenvalue weighted by atomic mass is 9.90. The molecule has 2 aliphatic rings. The van der Waals surface area contributed by atoms with Gasteiger partial charge in [-0.1, -0.05) is 30.3 Å². The minimum atomic E-state index is 0.346. The number of rotatable bonds is 4. The Hall–Kier alpha value is -1.35. The van der Waals surface area contributed by atoms with E-state index in [2.05, 4.69) is 47.2 Å². The van der Waals surface area contributed by atoms with E-state index in [1.54, 1.807) is 0 Å². The van der Waals surface area contributed by atoms with Crippen molar-refractivity contribution in [3.63, 3.8) is 0 Å². The predicted molar refractivity (Wildman–Crippen MR) is 80.6 cm³/mol. The molecule has 2 fully saturated rings. The van der Waals surface area contributed by atoms with Crippen LogP contribution in [-0.4, -0.2) is 48.9 Å². The van der Waals surface area contributed by atoms with E-state index in [-0.39, 0.29) is 0 Å². The molecular weight excluding hydrogens is 248 g/mol. The summed E-state index contributed by atoms with van der Waals surface area (Å²) in [4.78, 5) is 16.9. The molecule has 20 heavy (non-hydrogen) atoms. The van der Waals surface area contributed by atoms with Crippen LogP contribution in [0.1, 0.15) is 30.7 Å². The van der Waals surface area contributed by atoms with E-state index in [0.29, 0.717) is 18.2 Å². The van der Waals surface area contributed by atoms with Crippen molar-refractivity contribution in [2.45, 2.75) is 25.2 Å². The molecule has 0 N–H and O–H groups in total. The van der Waals surface area contributed by atoms with Gasteiger partial charge in [-0.3, -0.25) is 4.79 Å². The van der Waals surface area contributed by atoms with Crippen LogP contribution in [0.25, 0.3) is 0 Å². The Bertz CT molecular complexity index is 447. The van der Waals surface area contributed by atoms with Gasteiger partial charge in [-0.25, -0.2) is 0 Å². The van der Waals surface area contributed by atoms with Crippen molar-refractivity contribution in [1.82, 2.24) is 9.80 Å². The maximum absolute atomic E-state index is 12.5. The van der Waals surface area contributed by atoms with Crippen molar-refractivity contribution in [2.24, 2.45) is 5.92 Å². The van der Waals surface area contributed by atoms with Gasteiger partial charge in [0.15, 0.2) is 0 Å². The first-order chi connectivity index (χ1) is 9.74. The fourth-order valence-corrected chi connectivity index (χ4v) is 3.13. The minimum absolute atomic E-state index is 0.346. The number of hydrogen-bond donors (Lipinski definition) is 0. The molecule has 1 heterocycles. The topological polar surface area (TPSA) is 23.6 Å². The van der Waals surface area contributed by atoms with Gasteiger partial charge in [-0.15, -0.1) is 0 Å². The summed E-state index contributed by atoms with van der Waals surface area (Å²) in [5, 5.41) is 0. The van der Waals surface area contributed by atoms with Crippen LogP contribution in [0.5, 0.6) is 0 Å². The molecule has 1 aromatic carbocycles. The SMILES string of the molecule is CN1CCN(C(=O)CC(c2ccccc2)C2CC2)CC1. The average Bonchev–Trinajstić information content (AvgIpc) is 3.31. The number of hydrogen-bond acceptors (Lipinski definition) is 2. The van der Waals surface area contributed by atoms with Gasteiger partial charge in [-0.05, 0) is 37.3 Å². The Balaban J connectivity index is 1.63. The molecule has 3 nitrogen and oxygen atoms in total. The molecule has 1 saturated carbocycles. The van der Waals surface area contributed by atoms with E-state index >= 15 is 0 Å². The first-order valence-corrected chi connectivity index (χ1v) is 7.75. The standard InChI is InChI=1S/C17H24N2O/c1-18-9-11-19(12-10-18)17(20)13-16(15-7-8-15)14-5-3-2-4-6-14/h2-6,15-16H,7-13H2,1H3. The molecule has 0 spiro atoms. The number of carbonyl (C=O) groups excluding carboxylic acids is 1. The molecule has 3 rings (SSSR count). The van der Waals surface area contributed by atoms with Gasteiger partial charge >= 0.3 is 0 Å². The fraction of sp³-hybridized carbons (Fsp3) is 0.588. The van der Waals surface area contributed by atoms with Crippen molar-refractivity contribution < 1.29 is 4.79 Å². The van der Waals surface area contributed by atoms with Crippen molar-refractivity contribution in [3.05, 3.63) is 35.9 Å². The highest BCUT2D eigenvalue weighted by Gasteiger charge is 2.34. The van der Waals surface area contributed by atoms with Gasteiger partial charge in [0.1, 0.15) is 0 Å². The van der Waals surface area contributed by atoms with Crippen LogP contribution in [-0.2, 0) is 4.79 Å². The predicted octanol–water partition coefficient (Wildman–Crippen LogP) is 2.34. The van der Waals surface area contributed by atoms with Gasteiger partial charge in [0, 0.05) is 32.6 Å². The van der Waals surface area contributed by atoms with E-state index in [1.807, 2.05) is 0 Å². The highest BCUT2D eigenvalue weighted by Crippen LogP contribution is 2.44. The maximum Gasteiger partial charge on any atom is 0.223 e. The molecule has 1 unspecified atom stereocenters. The van der Waals surface area contributed by atoms with Crippen LogP contribution in [0.4, 0.5) is 0 Å². The number of carbonyl (C=O) groups is 1. The average molecular weight is 272 g/mol. The minimum Gasteiger partial charge on any atom is -0.340 e. The first-order valence-electron chi connectivity index (χ1n) is 7.75. The van der Waals surface area contributed by atoms with E-state index in [4.69, 9.17) is 0 Å². The van der Waals surface area contributed by atoms with E-state index in [9.17, 15) is 4.79 Å². The normalized spacial score (nSPS) is 21.8. The zero-order valence-electron chi connectivity index (χ0n) is 12.3. The second-order valence-corrected chi connectivity index (χ2v) is 6.24. The monoisotopic (exact) mass is 272 g/mol. The Labute approximate surface area is 121 Å². The maximum atomic E-state index is 12.5. The first kappa shape index (κ1) is 13.6. The molecule has 1 aliphatic carbocycles. The highest BCUT2D eigenvalue weighted by atomic mass is 16.2. The van der Waals surface area contributed by atoms with Gasteiger partial charge in [-0.2, -0.15) is 0 Å². The summed E-state index contributed by atoms with van der Waals surface area (Å²) < 4.78 is 0. The molecule has 3 heteroatoms. The summed E-state index contributed by atoms with van der Waals surface area (Å²) in [5.41, 5.74) is 1.34. The molecule has 1 amide bonds. The zero-order chi connectivity index (χ0) is 13.9. The smallest absolute Gasteiger partial charge is 0.223 e. The molecular formula is C17H24N2O. The van der Waals surface area contributed by atoms with Gasteiger partial charge in [0.25, 0.3) is 0 Å². The quantitative estimate of drug-likeness (QED) is 0.840. The van der Waals surface area contributed by atoms with Crippen LogP contribution in [0.2, 0.25) is 0 Å². The number of nitrogens with zero attached hydrogens (tertiary/aromatic N) is 2. The molecule has 1 atom stereocenters. The Kier molecular flexibility index (Phi) is 4.06. The van der Waals surface area contributed by atoms with Crippen molar-refractivity contribution in [1.29, 1.82) is 0 Å². The fourth-order valence-electron chi connectivity index (χ4n) is 3.13. The number of likely N-dealkylation sites (N-methyl/N-ethyl adjacent to an activating group) is 1. The van der Waals surface area contributed by atoms with Crippen LogP contribution in [0.15, 0.2) is 30.3 Å². The summed E-state index contributed by atoms with van der Waals surface area (Å²) in [7, 11) is 2.12.